The first-order chi connectivity index (χ1) is 7.43. The molecular formula is C11H13ClIN3. The lowest BCUT2D eigenvalue weighted by molar-refractivity contribution is 0.803. The van der Waals surface area contributed by atoms with E-state index in [1.165, 1.54) is 0 Å². The molecule has 0 aliphatic rings. The Bertz CT molecular complexity index is 560. The van der Waals surface area contributed by atoms with E-state index in [4.69, 9.17) is 11.6 Å². The Labute approximate surface area is 113 Å². The molecule has 0 aromatic carbocycles. The third-order valence-electron chi connectivity index (χ3n) is 2.61. The van der Waals surface area contributed by atoms with E-state index < -0.39 is 0 Å². The van der Waals surface area contributed by atoms with Crippen molar-refractivity contribution in [2.45, 2.75) is 33.6 Å². The summed E-state index contributed by atoms with van der Waals surface area (Å²) in [6, 6.07) is 0. The van der Waals surface area contributed by atoms with Crippen LogP contribution in [0.15, 0.2) is 0 Å². The highest BCUT2D eigenvalue weighted by Crippen LogP contribution is 2.29. The zero-order valence-electron chi connectivity index (χ0n) is 9.67. The summed E-state index contributed by atoms with van der Waals surface area (Å²) in [4.78, 5) is 4.59. The van der Waals surface area contributed by atoms with Crippen molar-refractivity contribution in [3.8, 4) is 0 Å². The van der Waals surface area contributed by atoms with E-state index in [2.05, 4.69) is 46.5 Å². The summed E-state index contributed by atoms with van der Waals surface area (Å²) in [6.45, 7) is 8.20. The number of hydrogen-bond donors (Lipinski definition) is 0. The number of rotatable bonds is 1. The van der Waals surface area contributed by atoms with Crippen molar-refractivity contribution < 1.29 is 0 Å². The van der Waals surface area contributed by atoms with E-state index in [1.807, 2.05) is 13.8 Å². The summed E-state index contributed by atoms with van der Waals surface area (Å²) in [5.74, 6) is 0.353. The van der Waals surface area contributed by atoms with Gasteiger partial charge in [-0.3, -0.25) is 0 Å². The predicted molar refractivity (Wildman–Crippen MR) is 74.3 cm³/mol. The van der Waals surface area contributed by atoms with Gasteiger partial charge in [0.2, 0.25) is 0 Å². The van der Waals surface area contributed by atoms with Crippen LogP contribution in [0.5, 0.6) is 0 Å². The van der Waals surface area contributed by atoms with Crippen LogP contribution in [0, 0.1) is 17.4 Å². The monoisotopic (exact) mass is 349 g/mol. The van der Waals surface area contributed by atoms with Gasteiger partial charge >= 0.3 is 0 Å². The van der Waals surface area contributed by atoms with Crippen molar-refractivity contribution in [1.29, 1.82) is 0 Å². The minimum Gasteiger partial charge on any atom is -0.232 e. The molecule has 0 unspecified atom stereocenters. The zero-order valence-corrected chi connectivity index (χ0v) is 12.6. The average Bonchev–Trinajstić information content (AvgIpc) is 2.45. The van der Waals surface area contributed by atoms with Crippen molar-refractivity contribution in [2.75, 3.05) is 0 Å². The van der Waals surface area contributed by atoms with Gasteiger partial charge in [-0.1, -0.05) is 25.4 Å². The fraction of sp³-hybridized carbons (Fsp3) is 0.455. The lowest BCUT2D eigenvalue weighted by atomic mass is 10.0. The molecule has 0 spiro atoms. The van der Waals surface area contributed by atoms with Crippen molar-refractivity contribution in [3.63, 3.8) is 0 Å². The third kappa shape index (κ3) is 1.72. The molecular weight excluding hydrogens is 336 g/mol. The average molecular weight is 350 g/mol. The number of nitrogens with zero attached hydrogens (tertiary/aromatic N) is 3. The van der Waals surface area contributed by atoms with Crippen LogP contribution in [-0.2, 0) is 0 Å². The molecule has 5 heteroatoms. The first-order valence-corrected chi connectivity index (χ1v) is 6.60. The maximum Gasteiger partial charge on any atom is 0.170 e. The first-order valence-electron chi connectivity index (χ1n) is 5.14. The summed E-state index contributed by atoms with van der Waals surface area (Å²) >= 11 is 8.64. The normalized spacial score (nSPS) is 11.7. The van der Waals surface area contributed by atoms with Crippen LogP contribution in [0.1, 0.15) is 36.7 Å². The van der Waals surface area contributed by atoms with Crippen LogP contribution in [0.25, 0.3) is 5.65 Å². The van der Waals surface area contributed by atoms with Crippen LogP contribution < -0.4 is 0 Å². The number of aryl methyl sites for hydroxylation is 2. The Balaban J connectivity index is 2.89. The molecule has 0 N–H and O–H groups in total. The molecule has 86 valence electrons. The molecule has 0 amide bonds. The van der Waals surface area contributed by atoms with Crippen LogP contribution in [-0.4, -0.2) is 14.6 Å². The second-order valence-electron chi connectivity index (χ2n) is 4.19. The van der Waals surface area contributed by atoms with Gasteiger partial charge in [0, 0.05) is 11.3 Å². The number of hydrogen-bond acceptors (Lipinski definition) is 2. The molecule has 0 aliphatic carbocycles. The van der Waals surface area contributed by atoms with Gasteiger partial charge < -0.3 is 0 Å². The highest BCUT2D eigenvalue weighted by molar-refractivity contribution is 14.1. The maximum atomic E-state index is 6.38. The van der Waals surface area contributed by atoms with Crippen LogP contribution in [0.3, 0.4) is 0 Å². The summed E-state index contributed by atoms with van der Waals surface area (Å²) in [5, 5.41) is 5.09. The van der Waals surface area contributed by atoms with E-state index in [9.17, 15) is 0 Å². The minimum atomic E-state index is 0.353. The Morgan fingerprint density at radius 2 is 1.88 bits per heavy atom. The SMILES string of the molecule is Cc1nc2c(I)c(C)nn2c(Cl)c1C(C)C. The second-order valence-corrected chi connectivity index (χ2v) is 5.63. The molecule has 0 fully saturated rings. The third-order valence-corrected chi connectivity index (χ3v) is 4.24. The molecule has 16 heavy (non-hydrogen) atoms. The molecule has 2 aromatic rings. The van der Waals surface area contributed by atoms with Gasteiger partial charge in [-0.2, -0.15) is 5.10 Å². The summed E-state index contributed by atoms with van der Waals surface area (Å²) < 4.78 is 2.80. The summed E-state index contributed by atoms with van der Waals surface area (Å²) in [7, 11) is 0. The smallest absolute Gasteiger partial charge is 0.170 e. The van der Waals surface area contributed by atoms with Crippen LogP contribution >= 0.6 is 34.2 Å². The summed E-state index contributed by atoms with van der Waals surface area (Å²) in [5.41, 5.74) is 3.89. The fourth-order valence-electron chi connectivity index (χ4n) is 1.87. The van der Waals surface area contributed by atoms with Gasteiger partial charge in [-0.15, -0.1) is 0 Å². The van der Waals surface area contributed by atoms with E-state index in [1.54, 1.807) is 4.52 Å². The van der Waals surface area contributed by atoms with Crippen LogP contribution in [0.4, 0.5) is 0 Å². The second kappa shape index (κ2) is 4.14. The topological polar surface area (TPSA) is 30.2 Å². The number of aromatic nitrogens is 3. The quantitative estimate of drug-likeness (QED) is 0.580. The van der Waals surface area contributed by atoms with E-state index in [0.717, 1.165) is 26.2 Å². The highest BCUT2D eigenvalue weighted by atomic mass is 127. The van der Waals surface area contributed by atoms with E-state index in [0.29, 0.717) is 11.1 Å². The van der Waals surface area contributed by atoms with Crippen molar-refractivity contribution in [3.05, 3.63) is 25.7 Å². The van der Waals surface area contributed by atoms with Gasteiger partial charge in [-0.05, 0) is 42.4 Å². The molecule has 2 heterocycles. The van der Waals surface area contributed by atoms with Gasteiger partial charge in [0.25, 0.3) is 0 Å². The molecule has 0 saturated carbocycles. The Kier molecular flexibility index (Phi) is 3.13. The van der Waals surface area contributed by atoms with Gasteiger partial charge in [0.1, 0.15) is 5.15 Å². The molecule has 0 atom stereocenters. The molecule has 0 bridgehead atoms. The zero-order chi connectivity index (χ0) is 12.0. The Morgan fingerprint density at radius 3 is 2.44 bits per heavy atom. The van der Waals surface area contributed by atoms with E-state index in [-0.39, 0.29) is 0 Å². The standard InChI is InChI=1S/C11H13ClIN3/c1-5(2)8-6(3)14-11-9(13)7(4)15-16(11)10(8)12/h5H,1-4H3. The van der Waals surface area contributed by atoms with Gasteiger partial charge in [0.15, 0.2) is 5.65 Å². The van der Waals surface area contributed by atoms with E-state index >= 15 is 0 Å². The van der Waals surface area contributed by atoms with Gasteiger partial charge in [-0.25, -0.2) is 9.50 Å². The Hall–Kier alpha value is -0.360. The van der Waals surface area contributed by atoms with Crippen molar-refractivity contribution in [2.24, 2.45) is 0 Å². The largest absolute Gasteiger partial charge is 0.232 e. The predicted octanol–water partition coefficient (Wildman–Crippen LogP) is 3.73. The molecule has 0 radical (unpaired) electrons. The lowest BCUT2D eigenvalue weighted by Crippen LogP contribution is -2.04. The Morgan fingerprint density at radius 1 is 1.25 bits per heavy atom. The molecule has 0 aliphatic heterocycles. The van der Waals surface area contributed by atoms with Crippen molar-refractivity contribution in [1.82, 2.24) is 14.6 Å². The fourth-order valence-corrected chi connectivity index (χ4v) is 2.80. The minimum absolute atomic E-state index is 0.353. The number of halogens is 2. The van der Waals surface area contributed by atoms with Crippen molar-refractivity contribution >= 4 is 39.8 Å². The first kappa shape index (κ1) is 12.1. The molecule has 3 nitrogen and oxygen atoms in total. The molecule has 0 saturated heterocycles. The molecule has 2 aromatic heterocycles. The molecule has 2 rings (SSSR count). The highest BCUT2D eigenvalue weighted by Gasteiger charge is 2.17. The maximum absolute atomic E-state index is 6.38. The summed E-state index contributed by atoms with van der Waals surface area (Å²) in [6.07, 6.45) is 0. The van der Waals surface area contributed by atoms with Gasteiger partial charge in [0.05, 0.1) is 9.26 Å². The van der Waals surface area contributed by atoms with Crippen LogP contribution in [0.2, 0.25) is 5.15 Å². The number of fused-ring (bicyclic) bond motifs is 1. The lowest BCUT2D eigenvalue weighted by Gasteiger charge is -2.12.